The third-order valence-corrected chi connectivity index (χ3v) is 7.59. The first kappa shape index (κ1) is 30.9. The number of rotatable bonds is 14. The van der Waals surface area contributed by atoms with Crippen molar-refractivity contribution in [2.24, 2.45) is 0 Å². The predicted octanol–water partition coefficient (Wildman–Crippen LogP) is 6.86. The molecule has 0 spiro atoms. The van der Waals surface area contributed by atoms with Gasteiger partial charge in [-0.3, -0.25) is 0 Å². The van der Waals surface area contributed by atoms with Gasteiger partial charge in [-0.1, -0.05) is 55.5 Å². The summed E-state index contributed by atoms with van der Waals surface area (Å²) in [7, 11) is 0. The molecule has 0 saturated heterocycles. The summed E-state index contributed by atoms with van der Waals surface area (Å²) in [6.45, 7) is 11.2. The topological polar surface area (TPSA) is 67.8 Å². The average Bonchev–Trinajstić information content (AvgIpc) is 2.94. The Kier molecular flexibility index (Phi) is 11.6. The van der Waals surface area contributed by atoms with Crippen molar-refractivity contribution in [1.29, 1.82) is 0 Å². The fraction of sp³-hybridized carbons (Fsp3) is 0.424. The van der Waals surface area contributed by atoms with Crippen molar-refractivity contribution < 1.29 is 19.4 Å². The van der Waals surface area contributed by atoms with Crippen LogP contribution in [-0.4, -0.2) is 48.7 Å². The van der Waals surface area contributed by atoms with Gasteiger partial charge in [0.2, 0.25) is 0 Å². The molecule has 0 aliphatic carbocycles. The smallest absolute Gasteiger partial charge is 0.338 e. The quantitative estimate of drug-likeness (QED) is 0.169. The molecule has 0 heterocycles. The number of carbonyl (C=O) groups is 1. The van der Waals surface area contributed by atoms with Crippen LogP contribution in [0.25, 0.3) is 11.1 Å². The van der Waals surface area contributed by atoms with Gasteiger partial charge in [0.25, 0.3) is 0 Å². The van der Waals surface area contributed by atoms with Crippen molar-refractivity contribution in [3.8, 4) is 11.1 Å². The van der Waals surface area contributed by atoms with Gasteiger partial charge in [-0.2, -0.15) is 0 Å². The number of hydrogen-bond donors (Lipinski definition) is 2. The average molecular weight is 550 g/mol. The van der Waals surface area contributed by atoms with Crippen LogP contribution >= 0.6 is 11.8 Å². The van der Waals surface area contributed by atoms with E-state index in [-0.39, 0.29) is 24.2 Å². The molecule has 0 radical (unpaired) electrons. The number of aliphatic hydroxyl groups excluding tert-OH is 1. The first-order valence-corrected chi connectivity index (χ1v) is 15.0. The van der Waals surface area contributed by atoms with Gasteiger partial charge in [0.15, 0.2) is 0 Å². The molecule has 3 rings (SSSR count). The van der Waals surface area contributed by atoms with Crippen molar-refractivity contribution in [1.82, 2.24) is 5.32 Å². The van der Waals surface area contributed by atoms with E-state index in [1.165, 1.54) is 10.5 Å². The molecule has 3 aromatic rings. The van der Waals surface area contributed by atoms with Gasteiger partial charge >= 0.3 is 5.97 Å². The Balaban J connectivity index is 1.61. The summed E-state index contributed by atoms with van der Waals surface area (Å²) in [5.41, 5.74) is 5.79. The second kappa shape index (κ2) is 14.7. The molecule has 0 amide bonds. The van der Waals surface area contributed by atoms with Crippen molar-refractivity contribution in [3.05, 3.63) is 89.0 Å². The maximum Gasteiger partial charge on any atom is 0.338 e. The standard InChI is InChI=1S/C33H43NO4S/c1-7-25-19-26(15-18-31(25)32(36)37-8-2)30-12-10-9-11-29(30)23(3)38-22-27(35)21-34-33(4,5)20-24-13-16-28(39-6)17-14-24/h9-19,23,27,34-35H,7-8,20-22H2,1-6H3/t23-,27-/m1/s1. The number of aryl methyl sites for hydroxylation is 1. The first-order chi connectivity index (χ1) is 18.7. The Morgan fingerprint density at radius 2 is 1.77 bits per heavy atom. The zero-order valence-electron chi connectivity index (χ0n) is 24.1. The highest BCUT2D eigenvalue weighted by Gasteiger charge is 2.21. The molecule has 2 N–H and O–H groups in total. The van der Waals surface area contributed by atoms with E-state index in [9.17, 15) is 9.90 Å². The van der Waals surface area contributed by atoms with Crippen LogP contribution in [-0.2, 0) is 22.3 Å². The molecule has 5 nitrogen and oxygen atoms in total. The normalized spacial score (nSPS) is 13.2. The number of ether oxygens (including phenoxy) is 2. The van der Waals surface area contributed by atoms with Crippen molar-refractivity contribution in [2.45, 2.75) is 70.1 Å². The summed E-state index contributed by atoms with van der Waals surface area (Å²) in [6, 6.07) is 22.6. The van der Waals surface area contributed by atoms with Crippen molar-refractivity contribution in [2.75, 3.05) is 26.0 Å². The lowest BCUT2D eigenvalue weighted by atomic mass is 9.93. The number of nitrogens with one attached hydrogen (secondary N) is 1. The number of thioether (sulfide) groups is 1. The molecule has 0 aliphatic rings. The fourth-order valence-electron chi connectivity index (χ4n) is 4.69. The minimum absolute atomic E-state index is 0.160. The second-order valence-electron chi connectivity index (χ2n) is 10.5. The zero-order chi connectivity index (χ0) is 28.4. The Morgan fingerprint density at radius 3 is 2.44 bits per heavy atom. The second-order valence-corrected chi connectivity index (χ2v) is 11.3. The third-order valence-electron chi connectivity index (χ3n) is 6.85. The van der Waals surface area contributed by atoms with Gasteiger partial charge < -0.3 is 19.9 Å². The number of hydrogen-bond acceptors (Lipinski definition) is 6. The number of carbonyl (C=O) groups excluding carboxylic acids is 1. The van der Waals surface area contributed by atoms with E-state index in [4.69, 9.17) is 9.47 Å². The van der Waals surface area contributed by atoms with E-state index in [0.29, 0.717) is 18.7 Å². The molecule has 6 heteroatoms. The molecule has 0 saturated carbocycles. The minimum atomic E-state index is -0.631. The van der Waals surface area contributed by atoms with Crippen LogP contribution in [0.5, 0.6) is 0 Å². The highest BCUT2D eigenvalue weighted by molar-refractivity contribution is 7.98. The fourth-order valence-corrected chi connectivity index (χ4v) is 5.10. The minimum Gasteiger partial charge on any atom is -0.462 e. The molecule has 0 aromatic heterocycles. The lowest BCUT2D eigenvalue weighted by Gasteiger charge is -2.28. The van der Waals surface area contributed by atoms with E-state index in [1.54, 1.807) is 11.8 Å². The maximum absolute atomic E-state index is 12.4. The summed E-state index contributed by atoms with van der Waals surface area (Å²) in [6.07, 6.45) is 2.83. The monoisotopic (exact) mass is 549 g/mol. The molecular weight excluding hydrogens is 506 g/mol. The van der Waals surface area contributed by atoms with Gasteiger partial charge in [0.1, 0.15) is 0 Å². The number of β-amino-alcohol motifs (C(OH)–C–C–N with tert-alkyl or cyclic N) is 1. The van der Waals surface area contributed by atoms with E-state index in [2.05, 4.69) is 67.9 Å². The zero-order valence-corrected chi connectivity index (χ0v) is 24.9. The van der Waals surface area contributed by atoms with E-state index in [1.807, 2.05) is 45.0 Å². The lowest BCUT2D eigenvalue weighted by Crippen LogP contribution is -2.46. The predicted molar refractivity (Wildman–Crippen MR) is 162 cm³/mol. The van der Waals surface area contributed by atoms with Gasteiger partial charge in [0.05, 0.1) is 31.0 Å². The highest BCUT2D eigenvalue weighted by atomic mass is 32.2. The molecule has 0 unspecified atom stereocenters. The van der Waals surface area contributed by atoms with Crippen LogP contribution in [0.2, 0.25) is 0 Å². The molecule has 0 bridgehead atoms. The Morgan fingerprint density at radius 1 is 1.05 bits per heavy atom. The molecule has 0 aliphatic heterocycles. The molecule has 3 aromatic carbocycles. The van der Waals surface area contributed by atoms with Crippen molar-refractivity contribution in [3.63, 3.8) is 0 Å². The van der Waals surface area contributed by atoms with E-state index in [0.717, 1.165) is 35.1 Å². The summed E-state index contributed by atoms with van der Waals surface area (Å²) in [5.74, 6) is -0.287. The summed E-state index contributed by atoms with van der Waals surface area (Å²) in [5, 5.41) is 14.2. The van der Waals surface area contributed by atoms with Gasteiger partial charge in [-0.15, -0.1) is 11.8 Å². The molecule has 39 heavy (non-hydrogen) atoms. The van der Waals surface area contributed by atoms with Crippen LogP contribution in [0.1, 0.15) is 67.8 Å². The Bertz CT molecular complexity index is 1210. The summed E-state index contributed by atoms with van der Waals surface area (Å²) >= 11 is 1.74. The number of aliphatic hydroxyl groups is 1. The largest absolute Gasteiger partial charge is 0.462 e. The lowest BCUT2D eigenvalue weighted by molar-refractivity contribution is -0.00397. The van der Waals surface area contributed by atoms with Crippen LogP contribution in [0.4, 0.5) is 0 Å². The molecule has 0 fully saturated rings. The van der Waals surface area contributed by atoms with Crippen LogP contribution in [0.15, 0.2) is 71.6 Å². The van der Waals surface area contributed by atoms with E-state index < -0.39 is 6.10 Å². The number of benzene rings is 3. The van der Waals surface area contributed by atoms with Crippen molar-refractivity contribution >= 4 is 17.7 Å². The van der Waals surface area contributed by atoms with Gasteiger partial charge in [-0.05, 0) is 92.8 Å². The highest BCUT2D eigenvalue weighted by Crippen LogP contribution is 2.32. The molecule has 210 valence electrons. The van der Waals surface area contributed by atoms with Gasteiger partial charge in [0, 0.05) is 17.0 Å². The summed E-state index contributed by atoms with van der Waals surface area (Å²) < 4.78 is 11.4. The van der Waals surface area contributed by atoms with Gasteiger partial charge in [-0.25, -0.2) is 4.79 Å². The summed E-state index contributed by atoms with van der Waals surface area (Å²) in [4.78, 5) is 13.6. The molecular formula is C33H43NO4S. The maximum atomic E-state index is 12.4. The number of esters is 1. The van der Waals surface area contributed by atoms with Crippen LogP contribution in [0.3, 0.4) is 0 Å². The Labute approximate surface area is 238 Å². The Hall–Kier alpha value is -2.64. The van der Waals surface area contributed by atoms with E-state index >= 15 is 0 Å². The van der Waals surface area contributed by atoms with Crippen LogP contribution in [0, 0.1) is 0 Å². The SMILES string of the molecule is CCOC(=O)c1ccc(-c2ccccc2[C@@H](C)OC[C@H](O)CNC(C)(C)Cc2ccc(SC)cc2)cc1CC. The third kappa shape index (κ3) is 8.94. The molecule has 2 atom stereocenters. The van der Waals surface area contributed by atoms with Crippen LogP contribution < -0.4 is 5.32 Å². The first-order valence-electron chi connectivity index (χ1n) is 13.7.